The van der Waals surface area contributed by atoms with Crippen molar-refractivity contribution in [1.29, 1.82) is 0 Å². The molecule has 1 aliphatic heterocycles. The van der Waals surface area contributed by atoms with Crippen molar-refractivity contribution < 1.29 is 8.42 Å². The number of anilines is 1. The topological polar surface area (TPSA) is 76.9 Å². The third-order valence-electron chi connectivity index (χ3n) is 4.65. The van der Waals surface area contributed by atoms with Gasteiger partial charge in [-0.2, -0.15) is 0 Å². The molecule has 3 aromatic rings. The molecule has 2 aromatic carbocycles. The number of benzene rings is 2. The van der Waals surface area contributed by atoms with Crippen molar-refractivity contribution in [2.24, 2.45) is 0 Å². The van der Waals surface area contributed by atoms with Crippen molar-refractivity contribution in [2.45, 2.75) is 37.1 Å². The molecule has 140 valence electrons. The van der Waals surface area contributed by atoms with Crippen LogP contribution in [-0.4, -0.2) is 23.2 Å². The summed E-state index contributed by atoms with van der Waals surface area (Å²) in [6, 6.07) is 13.3. The highest BCUT2D eigenvalue weighted by molar-refractivity contribution is 7.92. The van der Waals surface area contributed by atoms with Crippen LogP contribution in [0.5, 0.6) is 0 Å². The fourth-order valence-corrected chi connectivity index (χ4v) is 4.47. The van der Waals surface area contributed by atoms with Gasteiger partial charge in [-0.15, -0.1) is 10.2 Å². The summed E-state index contributed by atoms with van der Waals surface area (Å²) in [7, 11) is -3.74. The van der Waals surface area contributed by atoms with Crippen molar-refractivity contribution in [2.75, 3.05) is 4.72 Å². The summed E-state index contributed by atoms with van der Waals surface area (Å²) in [5, 5.41) is 9.15. The molecule has 4 rings (SSSR count). The maximum atomic E-state index is 12.8. The van der Waals surface area contributed by atoms with Crippen molar-refractivity contribution in [3.05, 3.63) is 59.4 Å². The molecule has 0 radical (unpaired) electrons. The van der Waals surface area contributed by atoms with Gasteiger partial charge in [0.15, 0.2) is 5.82 Å². The first-order valence-electron chi connectivity index (χ1n) is 8.84. The summed E-state index contributed by atoms with van der Waals surface area (Å²) < 4.78 is 30.3. The third kappa shape index (κ3) is 3.70. The Morgan fingerprint density at radius 2 is 1.74 bits per heavy atom. The fraction of sp³-hybridized carbons (Fsp3) is 0.263. The number of hydrogen-bond acceptors (Lipinski definition) is 4. The Balaban J connectivity index is 1.72. The lowest BCUT2D eigenvalue weighted by Gasteiger charge is -2.13. The minimum atomic E-state index is -3.74. The lowest BCUT2D eigenvalue weighted by molar-refractivity contribution is 0.601. The SMILES string of the molecule is O=S(=O)(Nc1ccccc1-c1nnc2n1CCCCC2)c1ccc(Cl)cc1. The molecule has 2 heterocycles. The zero-order valence-electron chi connectivity index (χ0n) is 14.6. The van der Waals surface area contributed by atoms with Gasteiger partial charge < -0.3 is 4.57 Å². The summed E-state index contributed by atoms with van der Waals surface area (Å²) in [6.07, 6.45) is 4.22. The standard InChI is InChI=1S/C19H19ClN4O2S/c20-14-9-11-15(12-10-14)27(25,26)23-17-7-4-3-6-16(17)19-22-21-18-8-2-1-5-13-24(18)19/h3-4,6-7,9-12,23H,1-2,5,8,13H2. The van der Waals surface area contributed by atoms with Gasteiger partial charge in [0.05, 0.1) is 10.6 Å². The highest BCUT2D eigenvalue weighted by Crippen LogP contribution is 2.30. The average Bonchev–Trinajstić information content (AvgIpc) is 2.90. The Morgan fingerprint density at radius 3 is 2.56 bits per heavy atom. The molecule has 8 heteroatoms. The van der Waals surface area contributed by atoms with Crippen molar-refractivity contribution in [3.63, 3.8) is 0 Å². The molecule has 0 saturated heterocycles. The number of halogens is 1. The monoisotopic (exact) mass is 402 g/mol. The van der Waals surface area contributed by atoms with Crippen LogP contribution < -0.4 is 4.72 Å². The summed E-state index contributed by atoms with van der Waals surface area (Å²) in [4.78, 5) is 0.154. The van der Waals surface area contributed by atoms with Gasteiger partial charge in [0.2, 0.25) is 0 Å². The molecule has 6 nitrogen and oxygen atoms in total. The van der Waals surface area contributed by atoms with E-state index in [1.807, 2.05) is 12.1 Å². The second kappa shape index (κ2) is 7.32. The van der Waals surface area contributed by atoms with E-state index in [1.54, 1.807) is 24.3 Å². The highest BCUT2D eigenvalue weighted by Gasteiger charge is 2.21. The number of nitrogens with zero attached hydrogens (tertiary/aromatic N) is 3. The van der Waals surface area contributed by atoms with Crippen LogP contribution in [-0.2, 0) is 23.0 Å². The van der Waals surface area contributed by atoms with E-state index in [-0.39, 0.29) is 4.90 Å². The Bertz CT molecular complexity index is 1060. The number of hydrogen-bond donors (Lipinski definition) is 1. The summed E-state index contributed by atoms with van der Waals surface area (Å²) >= 11 is 5.86. The van der Waals surface area contributed by atoms with Gasteiger partial charge in [-0.25, -0.2) is 8.42 Å². The van der Waals surface area contributed by atoms with E-state index in [2.05, 4.69) is 19.5 Å². The number of para-hydroxylation sites is 1. The molecule has 1 aromatic heterocycles. The van der Waals surface area contributed by atoms with E-state index in [1.165, 1.54) is 12.1 Å². The zero-order chi connectivity index (χ0) is 18.9. The molecule has 0 saturated carbocycles. The zero-order valence-corrected chi connectivity index (χ0v) is 16.2. The molecule has 1 N–H and O–H groups in total. The second-order valence-corrected chi connectivity index (χ2v) is 8.63. The number of nitrogens with one attached hydrogen (secondary N) is 1. The number of aromatic nitrogens is 3. The molecule has 0 amide bonds. The molecule has 0 spiro atoms. The van der Waals surface area contributed by atoms with E-state index in [0.717, 1.165) is 43.6 Å². The molecule has 0 bridgehead atoms. The van der Waals surface area contributed by atoms with Gasteiger partial charge >= 0.3 is 0 Å². The Morgan fingerprint density at radius 1 is 0.963 bits per heavy atom. The number of fused-ring (bicyclic) bond motifs is 1. The largest absolute Gasteiger partial charge is 0.311 e. The lowest BCUT2D eigenvalue weighted by atomic mass is 10.1. The van der Waals surface area contributed by atoms with Crippen LogP contribution in [0.4, 0.5) is 5.69 Å². The minimum Gasteiger partial charge on any atom is -0.311 e. The molecule has 0 aliphatic carbocycles. The molecular formula is C19H19ClN4O2S. The number of rotatable bonds is 4. The third-order valence-corrected chi connectivity index (χ3v) is 6.28. The molecule has 0 fully saturated rings. The van der Waals surface area contributed by atoms with Crippen LogP contribution in [0.2, 0.25) is 5.02 Å². The van der Waals surface area contributed by atoms with Crippen molar-refractivity contribution in [1.82, 2.24) is 14.8 Å². The summed E-state index contributed by atoms with van der Waals surface area (Å²) in [6.45, 7) is 0.843. The van der Waals surface area contributed by atoms with Crippen LogP contribution in [0.3, 0.4) is 0 Å². The van der Waals surface area contributed by atoms with E-state index < -0.39 is 10.0 Å². The van der Waals surface area contributed by atoms with Gasteiger partial charge in [-0.3, -0.25) is 4.72 Å². The second-order valence-electron chi connectivity index (χ2n) is 6.51. The van der Waals surface area contributed by atoms with Crippen LogP contribution in [0.25, 0.3) is 11.4 Å². The summed E-state index contributed by atoms with van der Waals surface area (Å²) in [5.74, 6) is 1.65. The lowest BCUT2D eigenvalue weighted by Crippen LogP contribution is -2.14. The van der Waals surface area contributed by atoms with Gasteiger partial charge in [0.25, 0.3) is 10.0 Å². The molecule has 1 aliphatic rings. The highest BCUT2D eigenvalue weighted by atomic mass is 35.5. The number of aryl methyl sites for hydroxylation is 1. The van der Waals surface area contributed by atoms with Crippen molar-refractivity contribution in [3.8, 4) is 11.4 Å². The van der Waals surface area contributed by atoms with Gasteiger partial charge in [-0.1, -0.05) is 30.2 Å². The van der Waals surface area contributed by atoms with E-state index in [0.29, 0.717) is 16.5 Å². The predicted molar refractivity (Wildman–Crippen MR) is 105 cm³/mol. The fourth-order valence-electron chi connectivity index (χ4n) is 3.27. The Hall–Kier alpha value is -2.38. The first kappa shape index (κ1) is 18.0. The Kier molecular flexibility index (Phi) is 4.88. The van der Waals surface area contributed by atoms with Crippen LogP contribution in [0.15, 0.2) is 53.4 Å². The first-order chi connectivity index (χ1) is 13.0. The van der Waals surface area contributed by atoms with Gasteiger partial charge in [0, 0.05) is 23.6 Å². The maximum Gasteiger partial charge on any atom is 0.261 e. The van der Waals surface area contributed by atoms with Crippen LogP contribution in [0, 0.1) is 0 Å². The molecular weight excluding hydrogens is 384 g/mol. The van der Waals surface area contributed by atoms with Gasteiger partial charge in [0.1, 0.15) is 5.82 Å². The smallest absolute Gasteiger partial charge is 0.261 e. The van der Waals surface area contributed by atoms with Crippen LogP contribution in [0.1, 0.15) is 25.1 Å². The molecule has 0 atom stereocenters. The first-order valence-corrected chi connectivity index (χ1v) is 10.7. The van der Waals surface area contributed by atoms with E-state index in [4.69, 9.17) is 11.6 Å². The van der Waals surface area contributed by atoms with Crippen molar-refractivity contribution >= 4 is 27.3 Å². The normalized spacial score (nSPS) is 14.4. The van der Waals surface area contributed by atoms with Gasteiger partial charge in [-0.05, 0) is 49.2 Å². The average molecular weight is 403 g/mol. The van der Waals surface area contributed by atoms with E-state index in [9.17, 15) is 8.42 Å². The number of sulfonamides is 1. The Labute approximate surface area is 163 Å². The quantitative estimate of drug-likeness (QED) is 0.711. The predicted octanol–water partition coefficient (Wildman–Crippen LogP) is 4.13. The summed E-state index contributed by atoms with van der Waals surface area (Å²) in [5.41, 5.74) is 1.20. The van der Waals surface area contributed by atoms with Crippen LogP contribution >= 0.6 is 11.6 Å². The minimum absolute atomic E-state index is 0.154. The maximum absolute atomic E-state index is 12.8. The molecule has 27 heavy (non-hydrogen) atoms. The molecule has 0 unspecified atom stereocenters. The van der Waals surface area contributed by atoms with E-state index >= 15 is 0 Å².